The highest BCUT2D eigenvalue weighted by Gasteiger charge is 2.23. The molecule has 1 fully saturated rings. The van der Waals surface area contributed by atoms with Crippen LogP contribution in [0.4, 0.5) is 0 Å². The van der Waals surface area contributed by atoms with Crippen molar-refractivity contribution in [2.45, 2.75) is 39.7 Å². The number of carbonyl (C=O) groups is 2. The molecule has 3 aromatic rings. The number of benzene rings is 2. The molecule has 0 unspecified atom stereocenters. The summed E-state index contributed by atoms with van der Waals surface area (Å²) >= 11 is 0. The molecule has 0 radical (unpaired) electrons. The summed E-state index contributed by atoms with van der Waals surface area (Å²) in [6.45, 7) is 5.93. The highest BCUT2D eigenvalue weighted by atomic mass is 16.2. The molecule has 0 atom stereocenters. The van der Waals surface area contributed by atoms with Crippen molar-refractivity contribution >= 4 is 28.8 Å². The molecule has 0 saturated heterocycles. The fraction of sp³-hybridized carbons (Fsp3) is 0.280. The van der Waals surface area contributed by atoms with E-state index in [1.54, 1.807) is 6.92 Å². The molecule has 2 aromatic carbocycles. The molecule has 3 N–H and O–H groups in total. The van der Waals surface area contributed by atoms with Crippen LogP contribution in [0.3, 0.4) is 0 Å². The number of carbonyl (C=O) groups excluding carboxylic acids is 2. The Labute approximate surface area is 176 Å². The van der Waals surface area contributed by atoms with Crippen LogP contribution in [0, 0.1) is 13.8 Å². The van der Waals surface area contributed by atoms with Crippen LogP contribution in [0.25, 0.3) is 28.1 Å². The fourth-order valence-corrected chi connectivity index (χ4v) is 3.63. The van der Waals surface area contributed by atoms with Gasteiger partial charge in [-0.3, -0.25) is 9.59 Å². The first-order valence-corrected chi connectivity index (χ1v) is 10.4. The number of hydrogen-bond donors (Lipinski definition) is 3. The van der Waals surface area contributed by atoms with E-state index in [9.17, 15) is 9.59 Å². The summed E-state index contributed by atoms with van der Waals surface area (Å²) < 4.78 is 0. The average Bonchev–Trinajstić information content (AvgIpc) is 3.40. The lowest BCUT2D eigenvalue weighted by molar-refractivity contribution is -0.124. The number of hydrogen-bond acceptors (Lipinski definition) is 2. The average molecular weight is 402 g/mol. The van der Waals surface area contributed by atoms with Gasteiger partial charge in [0.25, 0.3) is 0 Å². The Hall–Kier alpha value is -3.34. The van der Waals surface area contributed by atoms with Gasteiger partial charge in [0.15, 0.2) is 0 Å². The smallest absolute Gasteiger partial charge is 0.247 e. The number of rotatable bonds is 6. The zero-order valence-corrected chi connectivity index (χ0v) is 17.6. The zero-order chi connectivity index (χ0) is 21.3. The van der Waals surface area contributed by atoms with E-state index in [1.807, 2.05) is 12.3 Å². The Bertz CT molecular complexity index is 1150. The zero-order valence-electron chi connectivity index (χ0n) is 17.6. The minimum Gasteiger partial charge on any atom is -0.361 e. The van der Waals surface area contributed by atoms with Crippen LogP contribution in [0.5, 0.6) is 0 Å². The third kappa shape index (κ3) is 4.46. The first-order valence-electron chi connectivity index (χ1n) is 10.4. The molecule has 1 aromatic heterocycles. The maximum absolute atomic E-state index is 12.4. The summed E-state index contributed by atoms with van der Waals surface area (Å²) in [5, 5.41) is 6.76. The number of amides is 2. The van der Waals surface area contributed by atoms with Gasteiger partial charge in [-0.05, 0) is 91.1 Å². The van der Waals surface area contributed by atoms with Crippen LogP contribution in [0.1, 0.15) is 36.5 Å². The Morgan fingerprint density at radius 2 is 1.90 bits per heavy atom. The molecule has 0 bridgehead atoms. The lowest BCUT2D eigenvalue weighted by atomic mass is 9.93. The molecule has 30 heavy (non-hydrogen) atoms. The second-order valence-corrected chi connectivity index (χ2v) is 8.16. The van der Waals surface area contributed by atoms with Crippen LogP contribution < -0.4 is 10.6 Å². The molecule has 0 aliphatic heterocycles. The molecular formula is C25H27N3O2. The summed E-state index contributed by atoms with van der Waals surface area (Å²) in [4.78, 5) is 27.4. The van der Waals surface area contributed by atoms with Crippen LogP contribution in [-0.4, -0.2) is 29.4 Å². The van der Waals surface area contributed by atoms with Gasteiger partial charge in [0.05, 0.1) is 6.54 Å². The molecule has 5 nitrogen and oxygen atoms in total. The Kier molecular flexibility index (Phi) is 5.44. The first-order chi connectivity index (χ1) is 14.4. The van der Waals surface area contributed by atoms with Crippen LogP contribution in [0.2, 0.25) is 0 Å². The second kappa shape index (κ2) is 8.19. The largest absolute Gasteiger partial charge is 0.361 e. The monoisotopic (exact) mass is 401 g/mol. The standard InChI is InChI=1S/C25H27N3O2/c1-15-12-22(18-4-7-23-19(13-18)8-9-26-23)16(2)10-20(15)11-17(3)25(30)27-14-24(29)28-21-5-6-21/h4,7-13,21,26H,5-6,14H2,1-3H3,(H,27,30)(H,28,29). The van der Waals surface area contributed by atoms with Gasteiger partial charge in [-0.25, -0.2) is 0 Å². The molecule has 1 aliphatic carbocycles. The van der Waals surface area contributed by atoms with Gasteiger partial charge in [-0.15, -0.1) is 0 Å². The maximum Gasteiger partial charge on any atom is 0.247 e. The second-order valence-electron chi connectivity index (χ2n) is 8.16. The van der Waals surface area contributed by atoms with E-state index in [4.69, 9.17) is 0 Å². The number of aromatic amines is 1. The molecule has 1 heterocycles. The van der Waals surface area contributed by atoms with E-state index in [-0.39, 0.29) is 18.4 Å². The molecular weight excluding hydrogens is 374 g/mol. The van der Waals surface area contributed by atoms with Gasteiger partial charge >= 0.3 is 0 Å². The van der Waals surface area contributed by atoms with E-state index < -0.39 is 0 Å². The topological polar surface area (TPSA) is 74.0 Å². The van der Waals surface area contributed by atoms with E-state index in [0.717, 1.165) is 35.0 Å². The normalized spacial score (nSPS) is 14.0. The quantitative estimate of drug-likeness (QED) is 0.540. The maximum atomic E-state index is 12.4. The highest BCUT2D eigenvalue weighted by molar-refractivity contribution is 5.99. The van der Waals surface area contributed by atoms with Crippen molar-refractivity contribution in [1.82, 2.24) is 15.6 Å². The van der Waals surface area contributed by atoms with E-state index in [0.29, 0.717) is 11.6 Å². The van der Waals surface area contributed by atoms with Crippen molar-refractivity contribution < 1.29 is 9.59 Å². The van der Waals surface area contributed by atoms with Gasteiger partial charge in [0.2, 0.25) is 11.8 Å². The predicted octanol–water partition coefficient (Wildman–Crippen LogP) is 4.25. The Morgan fingerprint density at radius 1 is 1.10 bits per heavy atom. The number of aromatic nitrogens is 1. The lowest BCUT2D eigenvalue weighted by Crippen LogP contribution is -2.38. The van der Waals surface area contributed by atoms with Gasteiger partial charge in [-0.2, -0.15) is 0 Å². The van der Waals surface area contributed by atoms with Crippen molar-refractivity contribution in [2.24, 2.45) is 0 Å². The van der Waals surface area contributed by atoms with Crippen LogP contribution in [-0.2, 0) is 9.59 Å². The van der Waals surface area contributed by atoms with Gasteiger partial charge in [0.1, 0.15) is 0 Å². The van der Waals surface area contributed by atoms with Crippen molar-refractivity contribution in [2.75, 3.05) is 6.54 Å². The molecule has 154 valence electrons. The fourth-order valence-electron chi connectivity index (χ4n) is 3.63. The molecule has 0 spiro atoms. The first kappa shape index (κ1) is 20.0. The van der Waals surface area contributed by atoms with Crippen LogP contribution in [0.15, 0.2) is 48.2 Å². The molecule has 4 rings (SSSR count). The number of nitrogens with one attached hydrogen (secondary N) is 3. The molecule has 1 saturated carbocycles. The third-order valence-electron chi connectivity index (χ3n) is 5.56. The van der Waals surface area contributed by atoms with Crippen molar-refractivity contribution in [1.29, 1.82) is 0 Å². The number of aryl methyl sites for hydroxylation is 2. The predicted molar refractivity (Wildman–Crippen MR) is 121 cm³/mol. The van der Waals surface area contributed by atoms with Gasteiger partial charge in [-0.1, -0.05) is 18.2 Å². The SMILES string of the molecule is CC(=Cc1cc(C)c(-c2ccc3[nH]ccc3c2)cc1C)C(=O)NCC(=O)NC1CC1. The number of H-pyrrole nitrogens is 1. The number of fused-ring (bicyclic) bond motifs is 1. The van der Waals surface area contributed by atoms with Gasteiger partial charge in [0, 0.05) is 23.3 Å². The summed E-state index contributed by atoms with van der Waals surface area (Å²) in [5.41, 5.74) is 7.33. The Morgan fingerprint density at radius 3 is 2.67 bits per heavy atom. The van der Waals surface area contributed by atoms with E-state index in [1.165, 1.54) is 16.5 Å². The van der Waals surface area contributed by atoms with Crippen molar-refractivity contribution in [3.63, 3.8) is 0 Å². The van der Waals surface area contributed by atoms with E-state index in [2.05, 4.69) is 65.9 Å². The summed E-state index contributed by atoms with van der Waals surface area (Å²) in [6.07, 6.45) is 5.90. The lowest BCUT2D eigenvalue weighted by Gasteiger charge is -2.12. The minimum atomic E-state index is -0.222. The summed E-state index contributed by atoms with van der Waals surface area (Å²) in [5.74, 6) is -0.352. The summed E-state index contributed by atoms with van der Waals surface area (Å²) in [6, 6.07) is 13.1. The Balaban J connectivity index is 1.50. The third-order valence-corrected chi connectivity index (χ3v) is 5.56. The summed E-state index contributed by atoms with van der Waals surface area (Å²) in [7, 11) is 0. The highest BCUT2D eigenvalue weighted by Crippen LogP contribution is 2.30. The van der Waals surface area contributed by atoms with Crippen LogP contribution >= 0.6 is 0 Å². The van der Waals surface area contributed by atoms with Crippen molar-refractivity contribution in [3.05, 3.63) is 64.9 Å². The molecule has 2 amide bonds. The molecule has 1 aliphatic rings. The van der Waals surface area contributed by atoms with Gasteiger partial charge < -0.3 is 15.6 Å². The van der Waals surface area contributed by atoms with Crippen molar-refractivity contribution in [3.8, 4) is 11.1 Å². The van der Waals surface area contributed by atoms with E-state index >= 15 is 0 Å². The minimum absolute atomic E-state index is 0.0130. The molecule has 5 heteroatoms.